The summed E-state index contributed by atoms with van der Waals surface area (Å²) in [6.45, 7) is -0.767. The number of aromatic nitrogens is 7. The summed E-state index contributed by atoms with van der Waals surface area (Å²) in [5, 5.41) is 20.8. The Hall–Kier alpha value is -3.48. The zero-order valence-electron chi connectivity index (χ0n) is 20.7. The van der Waals surface area contributed by atoms with Crippen molar-refractivity contribution in [3.63, 3.8) is 0 Å². The van der Waals surface area contributed by atoms with Gasteiger partial charge < -0.3 is 40.6 Å². The van der Waals surface area contributed by atoms with E-state index >= 15 is 0 Å². The fourth-order valence-corrected chi connectivity index (χ4v) is 5.91. The molecule has 2 fully saturated rings. The smallest absolute Gasteiger partial charge is 0.394 e. The second-order valence-electron chi connectivity index (χ2n) is 9.42. The van der Waals surface area contributed by atoms with Crippen LogP contribution in [0.2, 0.25) is 0 Å². The van der Waals surface area contributed by atoms with Crippen LogP contribution in [0.5, 0.6) is 0 Å². The number of hydrogen-bond acceptors (Lipinski definition) is 14. The summed E-state index contributed by atoms with van der Waals surface area (Å²) in [4.78, 5) is 41.2. The van der Waals surface area contributed by atoms with Crippen LogP contribution in [0.15, 0.2) is 29.7 Å². The van der Waals surface area contributed by atoms with E-state index in [9.17, 15) is 24.5 Å². The average molecular weight is 579 g/mol. The maximum absolute atomic E-state index is 12.9. The zero-order chi connectivity index (χ0) is 28.2. The quantitative estimate of drug-likeness (QED) is 0.139. The van der Waals surface area contributed by atoms with Crippen LogP contribution < -0.4 is 17.0 Å². The SMILES string of the molecule is Nc1nc2c(ncn2[C@@H]2O[C@H](CO)C[C@H]2OP(=O)(O)OC[C@@H]2C[C@@H](O)[C@H](n3ccc4c(N)ncnc43)O2)c(=O)[nH]1. The van der Waals surface area contributed by atoms with Crippen molar-refractivity contribution in [1.29, 1.82) is 0 Å². The number of anilines is 2. The largest absolute Gasteiger partial charge is 0.472 e. The monoisotopic (exact) mass is 579 g/mol. The lowest BCUT2D eigenvalue weighted by Crippen LogP contribution is -2.24. The number of imidazole rings is 1. The number of nitrogen functional groups attached to an aromatic ring is 2. The van der Waals surface area contributed by atoms with Crippen LogP contribution in [0.3, 0.4) is 0 Å². The van der Waals surface area contributed by atoms with Crippen molar-refractivity contribution in [2.75, 3.05) is 24.7 Å². The third-order valence-electron chi connectivity index (χ3n) is 6.75. The van der Waals surface area contributed by atoms with Crippen LogP contribution in [0.25, 0.3) is 22.2 Å². The summed E-state index contributed by atoms with van der Waals surface area (Å²) in [7, 11) is -4.71. The van der Waals surface area contributed by atoms with Gasteiger partial charge in [-0.3, -0.25) is 23.4 Å². The van der Waals surface area contributed by atoms with Gasteiger partial charge in [-0.2, -0.15) is 4.98 Å². The average Bonchev–Trinajstić information content (AvgIpc) is 3.68. The third kappa shape index (κ3) is 4.84. The fraction of sp³-hybridized carbons (Fsp3) is 0.476. The summed E-state index contributed by atoms with van der Waals surface area (Å²) >= 11 is 0. The number of aliphatic hydroxyl groups is 2. The molecule has 1 unspecified atom stereocenters. The highest BCUT2D eigenvalue weighted by atomic mass is 31.2. The van der Waals surface area contributed by atoms with E-state index in [0.29, 0.717) is 11.0 Å². The van der Waals surface area contributed by atoms with E-state index < -0.39 is 56.9 Å². The molecule has 0 saturated carbocycles. The molecule has 214 valence electrons. The number of nitrogens with two attached hydrogens (primary N) is 2. The molecular formula is C21H26N9O9P. The molecule has 40 heavy (non-hydrogen) atoms. The summed E-state index contributed by atoms with van der Waals surface area (Å²) in [6.07, 6.45) is -1.12. The standard InChI is InChI=1S/C21H26N9O9P/c22-15-11-1-2-29(16(11)25-7-24-15)19-12(32)3-10(38-19)6-36-40(34,35)39-13-4-9(5-31)37-20(13)30-8-26-14-17(30)27-21(23)28-18(14)33/h1-2,7-10,12-13,19-20,31-32H,3-6H2,(H,34,35)(H2,22,24,25)(H3,23,27,28,33)/t9-,10-,12+,13+,19+,20+/m0/s1. The van der Waals surface area contributed by atoms with Crippen LogP contribution in [0.4, 0.5) is 11.8 Å². The highest BCUT2D eigenvalue weighted by Gasteiger charge is 2.43. The van der Waals surface area contributed by atoms with Crippen molar-refractivity contribution in [2.45, 2.75) is 49.7 Å². The van der Waals surface area contributed by atoms with Gasteiger partial charge in [0, 0.05) is 19.0 Å². The lowest BCUT2D eigenvalue weighted by atomic mass is 10.2. The van der Waals surface area contributed by atoms with Gasteiger partial charge >= 0.3 is 7.82 Å². The predicted molar refractivity (Wildman–Crippen MR) is 135 cm³/mol. The molecule has 7 atom stereocenters. The third-order valence-corrected chi connectivity index (χ3v) is 7.76. The molecule has 0 radical (unpaired) electrons. The van der Waals surface area contributed by atoms with Gasteiger partial charge in [-0.1, -0.05) is 0 Å². The lowest BCUT2D eigenvalue weighted by Gasteiger charge is -2.23. The first-order valence-electron chi connectivity index (χ1n) is 12.2. The van der Waals surface area contributed by atoms with Gasteiger partial charge in [0.1, 0.15) is 30.0 Å². The van der Waals surface area contributed by atoms with Crippen molar-refractivity contribution < 1.29 is 38.2 Å². The number of phosphoric acid groups is 1. The minimum atomic E-state index is -4.71. The molecule has 8 N–H and O–H groups in total. The molecule has 2 aliphatic rings. The zero-order valence-corrected chi connectivity index (χ0v) is 21.6. The van der Waals surface area contributed by atoms with Crippen LogP contribution in [-0.2, 0) is 23.1 Å². The number of nitrogens with one attached hydrogen (secondary N) is 1. The Balaban J connectivity index is 1.14. The summed E-state index contributed by atoms with van der Waals surface area (Å²) in [6, 6.07) is 1.70. The Morgan fingerprint density at radius 3 is 2.73 bits per heavy atom. The van der Waals surface area contributed by atoms with E-state index in [2.05, 4.69) is 24.9 Å². The van der Waals surface area contributed by atoms with Gasteiger partial charge in [0.2, 0.25) is 5.95 Å². The molecule has 2 saturated heterocycles. The van der Waals surface area contributed by atoms with Crippen molar-refractivity contribution in [1.82, 2.24) is 34.1 Å². The molecule has 0 amide bonds. The number of fused-ring (bicyclic) bond motifs is 2. The number of rotatable bonds is 8. The van der Waals surface area contributed by atoms with E-state index in [1.54, 1.807) is 16.8 Å². The highest BCUT2D eigenvalue weighted by molar-refractivity contribution is 7.47. The highest BCUT2D eigenvalue weighted by Crippen LogP contribution is 2.50. The summed E-state index contributed by atoms with van der Waals surface area (Å²) in [5.41, 5.74) is 11.5. The van der Waals surface area contributed by atoms with Gasteiger partial charge in [0.15, 0.2) is 23.6 Å². The summed E-state index contributed by atoms with van der Waals surface area (Å²) < 4.78 is 38.2. The van der Waals surface area contributed by atoms with E-state index in [0.717, 1.165) is 0 Å². The first kappa shape index (κ1) is 26.7. The molecule has 0 spiro atoms. The molecule has 19 heteroatoms. The van der Waals surface area contributed by atoms with Gasteiger partial charge in [0.05, 0.1) is 37.1 Å². The second kappa shape index (κ2) is 10.2. The minimum absolute atomic E-state index is 0.0245. The first-order chi connectivity index (χ1) is 19.1. The van der Waals surface area contributed by atoms with Gasteiger partial charge in [-0.15, -0.1) is 0 Å². The van der Waals surface area contributed by atoms with Crippen LogP contribution in [0, 0.1) is 0 Å². The maximum atomic E-state index is 12.9. The molecule has 0 aliphatic carbocycles. The van der Waals surface area contributed by atoms with Crippen molar-refractivity contribution in [3.05, 3.63) is 35.3 Å². The second-order valence-corrected chi connectivity index (χ2v) is 10.8. The molecule has 4 aromatic rings. The number of aliphatic hydroxyl groups excluding tert-OH is 2. The van der Waals surface area contributed by atoms with Crippen LogP contribution >= 0.6 is 7.82 Å². The maximum Gasteiger partial charge on any atom is 0.472 e. The molecule has 18 nitrogen and oxygen atoms in total. The number of hydrogen-bond donors (Lipinski definition) is 6. The normalized spacial score (nSPS) is 28.5. The van der Waals surface area contributed by atoms with E-state index in [-0.39, 0.29) is 42.4 Å². The van der Waals surface area contributed by atoms with E-state index in [1.807, 2.05) is 0 Å². The number of H-pyrrole nitrogens is 1. The molecule has 0 bridgehead atoms. The van der Waals surface area contributed by atoms with E-state index in [1.165, 1.54) is 17.2 Å². The number of phosphoric ester groups is 1. The number of ether oxygens (including phenoxy) is 2. The molecule has 0 aromatic carbocycles. The first-order valence-corrected chi connectivity index (χ1v) is 13.7. The van der Waals surface area contributed by atoms with E-state index in [4.69, 9.17) is 30.0 Å². The van der Waals surface area contributed by atoms with Crippen molar-refractivity contribution in [2.24, 2.45) is 0 Å². The van der Waals surface area contributed by atoms with Crippen molar-refractivity contribution >= 4 is 41.8 Å². The van der Waals surface area contributed by atoms with Crippen LogP contribution in [-0.4, -0.2) is 86.8 Å². The Labute approximate surface area is 224 Å². The summed E-state index contributed by atoms with van der Waals surface area (Å²) in [5.74, 6) is 0.118. The lowest BCUT2D eigenvalue weighted by molar-refractivity contribution is -0.0588. The molecular weight excluding hydrogens is 553 g/mol. The Bertz CT molecular complexity index is 1660. The Kier molecular flexibility index (Phi) is 6.79. The predicted octanol–water partition coefficient (Wildman–Crippen LogP) is -0.841. The number of aromatic amines is 1. The molecule has 6 heterocycles. The topological polar surface area (TPSA) is 261 Å². The Morgan fingerprint density at radius 1 is 1.12 bits per heavy atom. The van der Waals surface area contributed by atoms with Gasteiger partial charge in [-0.25, -0.2) is 19.5 Å². The van der Waals surface area contributed by atoms with Crippen molar-refractivity contribution in [3.8, 4) is 0 Å². The minimum Gasteiger partial charge on any atom is -0.394 e. The van der Waals surface area contributed by atoms with Crippen LogP contribution in [0.1, 0.15) is 25.3 Å². The molecule has 4 aromatic heterocycles. The molecule has 2 aliphatic heterocycles. The van der Waals surface area contributed by atoms with Gasteiger partial charge in [0.25, 0.3) is 5.56 Å². The Morgan fingerprint density at radius 2 is 1.93 bits per heavy atom. The van der Waals surface area contributed by atoms with Gasteiger partial charge in [-0.05, 0) is 6.07 Å². The fourth-order valence-electron chi connectivity index (χ4n) is 4.96. The molecule has 6 rings (SSSR count). The number of nitrogens with zero attached hydrogens (tertiary/aromatic N) is 6.